The quantitative estimate of drug-likeness (QED) is 0.198. The molecule has 0 unspecified atom stereocenters. The predicted molar refractivity (Wildman–Crippen MR) is 155 cm³/mol. The van der Waals surface area contributed by atoms with Crippen molar-refractivity contribution in [3.8, 4) is 11.5 Å². The maximum absolute atomic E-state index is 15.0. The van der Waals surface area contributed by atoms with Crippen LogP contribution in [0.1, 0.15) is 19.4 Å². The number of amides is 1. The van der Waals surface area contributed by atoms with Crippen molar-refractivity contribution < 1.29 is 62.1 Å². The van der Waals surface area contributed by atoms with Crippen LogP contribution in [0.3, 0.4) is 0 Å². The highest BCUT2D eigenvalue weighted by Gasteiger charge is 2.53. The normalized spacial score (nSPS) is 33.1. The second-order valence-electron chi connectivity index (χ2n) is 11.2. The van der Waals surface area contributed by atoms with Crippen molar-refractivity contribution in [2.24, 2.45) is 0 Å². The maximum atomic E-state index is 15.0. The minimum Gasteiger partial charge on any atom is -0.488 e. The van der Waals surface area contributed by atoms with Crippen molar-refractivity contribution in [2.45, 2.75) is 75.1 Å². The van der Waals surface area contributed by atoms with Crippen LogP contribution in [0.15, 0.2) is 53.6 Å². The van der Waals surface area contributed by atoms with Crippen LogP contribution in [-0.4, -0.2) is 101 Å². The van der Waals surface area contributed by atoms with E-state index >= 15 is 0 Å². The van der Waals surface area contributed by atoms with Crippen LogP contribution in [0.25, 0.3) is 6.08 Å². The first kappa shape index (κ1) is 34.1. The zero-order chi connectivity index (χ0) is 33.3. The molecule has 0 aromatic heterocycles. The highest BCUT2D eigenvalue weighted by molar-refractivity contribution is 6.32. The number of rotatable bonds is 9. The molecule has 2 aliphatic heterocycles. The van der Waals surface area contributed by atoms with E-state index in [0.717, 1.165) is 12.1 Å². The van der Waals surface area contributed by atoms with Gasteiger partial charge in [-0.15, -0.1) is 0 Å². The molecule has 1 amide bonds. The molecular weight excluding hydrogens is 639 g/mol. The van der Waals surface area contributed by atoms with Crippen LogP contribution in [0.5, 0.6) is 11.5 Å². The summed E-state index contributed by atoms with van der Waals surface area (Å²) in [4.78, 5) is 12.8. The minimum atomic E-state index is -2.03. The second kappa shape index (κ2) is 14.3. The van der Waals surface area contributed by atoms with Crippen LogP contribution in [-0.2, 0) is 19.0 Å². The van der Waals surface area contributed by atoms with E-state index < -0.39 is 78.8 Å². The molecule has 250 valence electrons. The highest BCUT2D eigenvalue weighted by atomic mass is 35.5. The van der Waals surface area contributed by atoms with E-state index in [0.29, 0.717) is 5.57 Å². The smallest absolute Gasteiger partial charge is 0.247 e. The Morgan fingerprint density at radius 2 is 1.72 bits per heavy atom. The summed E-state index contributed by atoms with van der Waals surface area (Å²) in [6.45, 7) is 2.72. The molecular formula is C31H33ClF3NO10. The molecule has 1 aliphatic carbocycles. The van der Waals surface area contributed by atoms with Gasteiger partial charge in [-0.2, -0.15) is 0 Å². The molecule has 10 atom stereocenters. The molecule has 0 bridgehead atoms. The molecule has 5 rings (SSSR count). The van der Waals surface area contributed by atoms with E-state index in [9.17, 15) is 38.4 Å². The number of carbonyl (C=O) groups excluding carboxylic acids is 1. The number of ether oxygens (including phenoxy) is 5. The first-order valence-corrected chi connectivity index (χ1v) is 14.7. The van der Waals surface area contributed by atoms with E-state index in [1.165, 1.54) is 43.3 Å². The van der Waals surface area contributed by atoms with Gasteiger partial charge in [-0.1, -0.05) is 17.7 Å². The van der Waals surface area contributed by atoms with E-state index in [1.54, 1.807) is 6.92 Å². The van der Waals surface area contributed by atoms with Gasteiger partial charge in [0.1, 0.15) is 67.7 Å². The van der Waals surface area contributed by atoms with Crippen molar-refractivity contribution in [3.63, 3.8) is 0 Å². The Morgan fingerprint density at radius 1 is 1.00 bits per heavy atom. The van der Waals surface area contributed by atoms with Gasteiger partial charge in [0.05, 0.1) is 11.1 Å². The Morgan fingerprint density at radius 3 is 2.43 bits per heavy atom. The standard InChI is InChI=1S/C31H33ClF3NO10/c1-13(7-8-42-20-11-16(33)4-5-17(20)32)27-23(37)21(35)31(46-27)45-19-6-3-15(10-18(19)34)9-14(2)30(41)36-22-24(38)26(40)29-28(25(22)39)43-12-44-29/h3-7,9-11,21-29,31,37-40H,8,12H2,1-2H3,(H,36,41)/b13-7+,14-9+/t21-,22-,23+,24+,25-,26-,27-,28+,29-,31-/m1/s1. The molecule has 2 aromatic rings. The fraction of sp³-hybridized carbons (Fsp3) is 0.452. The van der Waals surface area contributed by atoms with Crippen LogP contribution >= 0.6 is 11.6 Å². The van der Waals surface area contributed by atoms with Gasteiger partial charge in [0.2, 0.25) is 12.2 Å². The Kier molecular flexibility index (Phi) is 10.6. The molecule has 2 heterocycles. The Bertz CT molecular complexity index is 1490. The summed E-state index contributed by atoms with van der Waals surface area (Å²) in [5.41, 5.74) is 0.691. The van der Waals surface area contributed by atoms with Crippen molar-refractivity contribution in [3.05, 3.63) is 75.8 Å². The molecule has 3 aliphatic rings. The number of benzene rings is 2. The number of hydrogen-bond acceptors (Lipinski definition) is 10. The number of alkyl halides is 1. The summed E-state index contributed by atoms with van der Waals surface area (Å²) in [5, 5.41) is 44.3. The summed E-state index contributed by atoms with van der Waals surface area (Å²) < 4.78 is 70.2. The molecule has 0 radical (unpaired) electrons. The summed E-state index contributed by atoms with van der Waals surface area (Å²) in [6, 6.07) is 5.98. The molecule has 3 fully saturated rings. The van der Waals surface area contributed by atoms with Gasteiger partial charge in [-0.25, -0.2) is 13.2 Å². The van der Waals surface area contributed by atoms with Crippen molar-refractivity contribution in [1.82, 2.24) is 5.32 Å². The van der Waals surface area contributed by atoms with Gasteiger partial charge in [0.15, 0.2) is 17.7 Å². The zero-order valence-corrected chi connectivity index (χ0v) is 25.3. The number of halogens is 4. The predicted octanol–water partition coefficient (Wildman–Crippen LogP) is 2.17. The largest absolute Gasteiger partial charge is 0.488 e. The fourth-order valence-electron chi connectivity index (χ4n) is 5.43. The van der Waals surface area contributed by atoms with Gasteiger partial charge in [0, 0.05) is 11.6 Å². The fourth-order valence-corrected chi connectivity index (χ4v) is 5.60. The lowest BCUT2D eigenvalue weighted by molar-refractivity contribution is -0.155. The van der Waals surface area contributed by atoms with E-state index in [4.69, 9.17) is 35.3 Å². The number of carbonyl (C=O) groups is 1. The molecule has 2 aromatic carbocycles. The third-order valence-electron chi connectivity index (χ3n) is 8.01. The number of hydrogen-bond donors (Lipinski definition) is 5. The van der Waals surface area contributed by atoms with Crippen LogP contribution in [0.2, 0.25) is 5.02 Å². The average molecular weight is 672 g/mol. The van der Waals surface area contributed by atoms with Crippen molar-refractivity contribution in [1.29, 1.82) is 0 Å². The molecule has 5 N–H and O–H groups in total. The zero-order valence-electron chi connectivity index (χ0n) is 24.6. The van der Waals surface area contributed by atoms with Crippen LogP contribution < -0.4 is 14.8 Å². The third kappa shape index (κ3) is 7.19. The van der Waals surface area contributed by atoms with Gasteiger partial charge >= 0.3 is 0 Å². The summed E-state index contributed by atoms with van der Waals surface area (Å²) in [5.74, 6) is -2.43. The number of nitrogens with one attached hydrogen (secondary N) is 1. The molecule has 11 nitrogen and oxygen atoms in total. The third-order valence-corrected chi connectivity index (χ3v) is 8.32. The Labute approximate surface area is 266 Å². The second-order valence-corrected chi connectivity index (χ2v) is 11.6. The lowest BCUT2D eigenvalue weighted by Gasteiger charge is -2.41. The Hall–Kier alpha value is -3.21. The molecule has 46 heavy (non-hydrogen) atoms. The molecule has 2 saturated heterocycles. The summed E-state index contributed by atoms with van der Waals surface area (Å²) in [6.07, 6.45) is -9.82. The number of aliphatic hydroxyl groups excluding tert-OH is 4. The van der Waals surface area contributed by atoms with E-state index in [1.807, 2.05) is 0 Å². The average Bonchev–Trinajstić information content (AvgIpc) is 3.62. The highest BCUT2D eigenvalue weighted by Crippen LogP contribution is 2.33. The van der Waals surface area contributed by atoms with Crippen molar-refractivity contribution in [2.75, 3.05) is 13.4 Å². The first-order valence-electron chi connectivity index (χ1n) is 14.3. The van der Waals surface area contributed by atoms with Gasteiger partial charge in [-0.3, -0.25) is 4.79 Å². The van der Waals surface area contributed by atoms with Crippen molar-refractivity contribution >= 4 is 23.6 Å². The molecule has 15 heteroatoms. The van der Waals surface area contributed by atoms with E-state index in [2.05, 4.69) is 5.32 Å². The van der Waals surface area contributed by atoms with Crippen LogP contribution in [0.4, 0.5) is 13.2 Å². The maximum Gasteiger partial charge on any atom is 0.247 e. The topological polar surface area (TPSA) is 156 Å². The molecule has 0 spiro atoms. The first-order chi connectivity index (χ1) is 21.8. The van der Waals surface area contributed by atoms with Crippen LogP contribution in [0, 0.1) is 11.6 Å². The van der Waals surface area contributed by atoms with Gasteiger partial charge < -0.3 is 49.4 Å². The number of aliphatic hydroxyl groups is 4. The Balaban J connectivity index is 1.18. The summed E-state index contributed by atoms with van der Waals surface area (Å²) >= 11 is 5.98. The number of fused-ring (bicyclic) bond motifs is 1. The summed E-state index contributed by atoms with van der Waals surface area (Å²) in [7, 11) is 0. The van der Waals surface area contributed by atoms with Gasteiger partial charge in [-0.05, 0) is 61.4 Å². The van der Waals surface area contributed by atoms with E-state index in [-0.39, 0.29) is 41.1 Å². The molecule has 1 saturated carbocycles. The monoisotopic (exact) mass is 671 g/mol. The lowest BCUT2D eigenvalue weighted by atomic mass is 9.83. The minimum absolute atomic E-state index is 0.0764. The lowest BCUT2D eigenvalue weighted by Crippen LogP contribution is -2.67. The SMILES string of the molecule is C/C(=C\c1ccc(O[C@@H]2O[C@H](/C(C)=C/COc3cc(F)ccc3Cl)[C@@H](O)[C@H]2F)c(F)c1)C(=O)N[C@@H]1[C@H](O)[C@@H](O)[C@H]2OCO[C@H]2[C@@H]1O. The van der Waals surface area contributed by atoms with Gasteiger partial charge in [0.25, 0.3) is 0 Å².